The van der Waals surface area contributed by atoms with E-state index in [9.17, 15) is 0 Å². The summed E-state index contributed by atoms with van der Waals surface area (Å²) >= 11 is 12.1. The summed E-state index contributed by atoms with van der Waals surface area (Å²) in [6, 6.07) is 7.80. The predicted octanol–water partition coefficient (Wildman–Crippen LogP) is 6.52. The van der Waals surface area contributed by atoms with Gasteiger partial charge in [-0.2, -0.15) is 0 Å². The lowest BCUT2D eigenvalue weighted by Gasteiger charge is -2.38. The van der Waals surface area contributed by atoms with Crippen molar-refractivity contribution in [2.24, 2.45) is 17.3 Å². The molecular formula is C20H19Cl2NO. The quantitative estimate of drug-likeness (QED) is 0.622. The highest BCUT2D eigenvalue weighted by Crippen LogP contribution is 2.54. The van der Waals surface area contributed by atoms with E-state index < -0.39 is 0 Å². The van der Waals surface area contributed by atoms with Crippen LogP contribution >= 0.6 is 23.2 Å². The normalized spacial score (nSPS) is 22.9. The highest BCUT2D eigenvalue weighted by molar-refractivity contribution is 6.56. The summed E-state index contributed by atoms with van der Waals surface area (Å²) in [6.07, 6.45) is 8.87. The fourth-order valence-corrected chi connectivity index (χ4v) is 4.02. The Kier molecular flexibility index (Phi) is 3.85. The number of oxazole rings is 1. The van der Waals surface area contributed by atoms with Crippen LogP contribution in [0.5, 0.6) is 0 Å². The van der Waals surface area contributed by atoms with Gasteiger partial charge in [-0.05, 0) is 53.9 Å². The second-order valence-electron chi connectivity index (χ2n) is 7.19. The van der Waals surface area contributed by atoms with Crippen LogP contribution in [-0.4, -0.2) is 4.98 Å². The van der Waals surface area contributed by atoms with E-state index in [1.54, 1.807) is 0 Å². The zero-order valence-corrected chi connectivity index (χ0v) is 15.2. The van der Waals surface area contributed by atoms with E-state index in [0.717, 1.165) is 28.2 Å². The molecule has 0 radical (unpaired) electrons. The van der Waals surface area contributed by atoms with Gasteiger partial charge in [0.05, 0.1) is 0 Å². The van der Waals surface area contributed by atoms with Gasteiger partial charge in [-0.15, -0.1) is 0 Å². The predicted molar refractivity (Wildman–Crippen MR) is 99.9 cm³/mol. The number of halogens is 2. The molecule has 2 aromatic rings. The third-order valence-electron chi connectivity index (χ3n) is 5.20. The minimum atomic E-state index is -0.0685. The van der Waals surface area contributed by atoms with Crippen molar-refractivity contribution in [1.82, 2.24) is 4.98 Å². The molecule has 0 aliphatic heterocycles. The van der Waals surface area contributed by atoms with Crippen LogP contribution in [0.3, 0.4) is 0 Å². The Morgan fingerprint density at radius 2 is 2.00 bits per heavy atom. The van der Waals surface area contributed by atoms with Crippen molar-refractivity contribution >= 4 is 39.9 Å². The maximum atomic E-state index is 6.03. The van der Waals surface area contributed by atoms with Crippen molar-refractivity contribution in [3.8, 4) is 0 Å². The molecule has 2 nitrogen and oxygen atoms in total. The number of hydrogen-bond donors (Lipinski definition) is 0. The van der Waals surface area contributed by atoms with Crippen molar-refractivity contribution in [3.63, 3.8) is 0 Å². The summed E-state index contributed by atoms with van der Waals surface area (Å²) < 4.78 is 6.25. The lowest BCUT2D eigenvalue weighted by Crippen LogP contribution is -2.29. The van der Waals surface area contributed by atoms with Crippen LogP contribution in [0.25, 0.3) is 16.7 Å². The fourth-order valence-electron chi connectivity index (χ4n) is 3.81. The molecule has 1 saturated carbocycles. The topological polar surface area (TPSA) is 26.0 Å². The molecule has 4 rings (SSSR count). The van der Waals surface area contributed by atoms with Crippen molar-refractivity contribution in [2.75, 3.05) is 0 Å². The van der Waals surface area contributed by atoms with Crippen LogP contribution in [-0.2, 0) is 0 Å². The van der Waals surface area contributed by atoms with Crippen molar-refractivity contribution < 1.29 is 4.42 Å². The maximum Gasteiger partial charge on any atom is 0.227 e. The minimum absolute atomic E-state index is 0.0685. The third-order valence-corrected chi connectivity index (χ3v) is 5.41. The Balaban J connectivity index is 1.89. The molecule has 1 fully saturated rings. The molecule has 24 heavy (non-hydrogen) atoms. The van der Waals surface area contributed by atoms with E-state index in [1.165, 1.54) is 12.8 Å². The van der Waals surface area contributed by atoms with E-state index in [1.807, 2.05) is 30.3 Å². The molecule has 0 saturated heterocycles. The van der Waals surface area contributed by atoms with Gasteiger partial charge < -0.3 is 4.42 Å². The first-order chi connectivity index (χ1) is 11.5. The highest BCUT2D eigenvalue weighted by Gasteiger charge is 2.44. The number of aromatic nitrogens is 1. The molecule has 4 heteroatoms. The van der Waals surface area contributed by atoms with Crippen LogP contribution in [0.4, 0.5) is 0 Å². The molecule has 2 aliphatic rings. The molecule has 1 aromatic heterocycles. The van der Waals surface area contributed by atoms with Crippen molar-refractivity contribution in [1.29, 1.82) is 0 Å². The van der Waals surface area contributed by atoms with Gasteiger partial charge in [0.25, 0.3) is 0 Å². The summed E-state index contributed by atoms with van der Waals surface area (Å²) in [5.74, 6) is 1.86. The largest absolute Gasteiger partial charge is 0.436 e. The Hall–Kier alpha value is -1.51. The first kappa shape index (κ1) is 16.0. The second-order valence-corrected chi connectivity index (χ2v) is 8.20. The lowest BCUT2D eigenvalue weighted by molar-refractivity contribution is 0.291. The molecule has 1 heterocycles. The van der Waals surface area contributed by atoms with Crippen molar-refractivity contribution in [2.45, 2.75) is 26.7 Å². The van der Waals surface area contributed by atoms with E-state index in [4.69, 9.17) is 27.6 Å². The number of rotatable bonds is 3. The van der Waals surface area contributed by atoms with Crippen LogP contribution in [0.2, 0.25) is 0 Å². The molecule has 0 spiro atoms. The summed E-state index contributed by atoms with van der Waals surface area (Å²) in [5, 5.41) is 0. The van der Waals surface area contributed by atoms with Crippen LogP contribution in [0.1, 0.15) is 32.6 Å². The zero-order valence-electron chi connectivity index (χ0n) is 13.7. The Morgan fingerprint density at radius 3 is 2.67 bits per heavy atom. The average Bonchev–Trinajstić information content (AvgIpc) is 3.26. The molecule has 124 valence electrons. The van der Waals surface area contributed by atoms with Gasteiger partial charge in [0.2, 0.25) is 5.89 Å². The molecule has 0 N–H and O–H groups in total. The molecule has 0 bridgehead atoms. The third kappa shape index (κ3) is 2.72. The minimum Gasteiger partial charge on any atom is -0.436 e. The zero-order chi connectivity index (χ0) is 16.9. The number of fused-ring (bicyclic) bond motifs is 1. The Morgan fingerprint density at radius 1 is 1.25 bits per heavy atom. The molecule has 2 aliphatic carbocycles. The van der Waals surface area contributed by atoms with Gasteiger partial charge in [0.15, 0.2) is 5.58 Å². The second kappa shape index (κ2) is 5.79. The molecule has 1 atom stereocenters. The number of allylic oxidation sites excluding steroid dienone is 5. The van der Waals surface area contributed by atoms with E-state index in [0.29, 0.717) is 11.8 Å². The average molecular weight is 360 g/mol. The molecule has 1 unspecified atom stereocenters. The first-order valence-corrected chi connectivity index (χ1v) is 9.04. The number of benzene rings is 1. The summed E-state index contributed by atoms with van der Waals surface area (Å²) in [7, 11) is 0. The van der Waals surface area contributed by atoms with Crippen molar-refractivity contribution in [3.05, 3.63) is 58.4 Å². The van der Waals surface area contributed by atoms with Crippen LogP contribution < -0.4 is 0 Å². The monoisotopic (exact) mass is 359 g/mol. The standard InChI is InChI=1S/C20H19Cl2NO/c1-20(2)14(12-7-8-12)10-9-13(15(20)11-18(21)22)19-23-16-5-3-4-6-17(16)24-19/h3-6,9-12,14H,7-8H2,1-2H3. The van der Waals surface area contributed by atoms with Gasteiger partial charge in [-0.25, -0.2) is 4.98 Å². The van der Waals surface area contributed by atoms with Gasteiger partial charge in [-0.3, -0.25) is 0 Å². The summed E-state index contributed by atoms with van der Waals surface area (Å²) in [6.45, 7) is 4.51. The smallest absolute Gasteiger partial charge is 0.227 e. The Bertz CT molecular complexity index is 847. The van der Waals surface area contributed by atoms with Gasteiger partial charge in [0, 0.05) is 5.57 Å². The summed E-state index contributed by atoms with van der Waals surface area (Å²) in [5.41, 5.74) is 3.63. The maximum absolute atomic E-state index is 6.03. The van der Waals surface area contributed by atoms with Gasteiger partial charge >= 0.3 is 0 Å². The number of nitrogens with zero attached hydrogens (tertiary/aromatic N) is 1. The van der Waals surface area contributed by atoms with Crippen LogP contribution in [0, 0.1) is 17.3 Å². The van der Waals surface area contributed by atoms with E-state index in [-0.39, 0.29) is 9.91 Å². The first-order valence-electron chi connectivity index (χ1n) is 8.28. The highest BCUT2D eigenvalue weighted by atomic mass is 35.5. The molecule has 1 aromatic carbocycles. The van der Waals surface area contributed by atoms with Gasteiger partial charge in [0.1, 0.15) is 10.0 Å². The van der Waals surface area contributed by atoms with Crippen LogP contribution in [0.15, 0.2) is 57.0 Å². The van der Waals surface area contributed by atoms with E-state index >= 15 is 0 Å². The number of hydrogen-bond acceptors (Lipinski definition) is 2. The summed E-state index contributed by atoms with van der Waals surface area (Å²) in [4.78, 5) is 4.65. The SMILES string of the molecule is CC1(C)C(C=C(Cl)Cl)=C(c2nc3ccccc3o2)C=CC1C1CC1. The lowest BCUT2D eigenvalue weighted by atomic mass is 9.66. The molecular weight excluding hydrogens is 341 g/mol. The van der Waals surface area contributed by atoms with Gasteiger partial charge in [-0.1, -0.05) is 61.3 Å². The van der Waals surface area contributed by atoms with E-state index in [2.05, 4.69) is 31.0 Å². The Labute approximate surface area is 151 Å². The number of para-hydroxylation sites is 2. The molecule has 0 amide bonds. The fraction of sp³-hybridized carbons (Fsp3) is 0.350.